The smallest absolute Gasteiger partial charge is 0.0290 e. The van der Waals surface area contributed by atoms with Crippen molar-refractivity contribution in [2.75, 3.05) is 6.54 Å². The molecule has 0 aromatic heterocycles. The summed E-state index contributed by atoms with van der Waals surface area (Å²) in [4.78, 5) is 0. The van der Waals surface area contributed by atoms with Crippen LogP contribution in [0.2, 0.25) is 0 Å². The van der Waals surface area contributed by atoms with Gasteiger partial charge >= 0.3 is 0 Å². The average molecular weight is 123 g/mol. The zero-order valence-electron chi connectivity index (χ0n) is 5.85. The molecule has 1 heteroatoms. The molecule has 0 aliphatic carbocycles. The third-order valence-electron chi connectivity index (χ3n) is 1.43. The standard InChI is InChI=1S/C8H13N/c1-7(2)6-8-4-3-5-9-8/h3-4,8-9H,1,5-6H2,2H3. The van der Waals surface area contributed by atoms with Crippen LogP contribution in [-0.4, -0.2) is 12.6 Å². The number of hydrogen-bond donors (Lipinski definition) is 1. The quantitative estimate of drug-likeness (QED) is 0.548. The largest absolute Gasteiger partial charge is 0.307 e. The summed E-state index contributed by atoms with van der Waals surface area (Å²) in [5.41, 5.74) is 1.25. The molecule has 0 radical (unpaired) electrons. The van der Waals surface area contributed by atoms with Crippen molar-refractivity contribution in [3.8, 4) is 0 Å². The van der Waals surface area contributed by atoms with Gasteiger partial charge < -0.3 is 5.32 Å². The number of hydrogen-bond acceptors (Lipinski definition) is 1. The summed E-state index contributed by atoms with van der Waals surface area (Å²) < 4.78 is 0. The summed E-state index contributed by atoms with van der Waals surface area (Å²) in [6.07, 6.45) is 5.44. The van der Waals surface area contributed by atoms with E-state index in [2.05, 4.69) is 31.0 Å². The molecular weight excluding hydrogens is 110 g/mol. The predicted octanol–water partition coefficient (Wildman–Crippen LogP) is 1.48. The molecule has 0 saturated carbocycles. The topological polar surface area (TPSA) is 12.0 Å². The lowest BCUT2D eigenvalue weighted by Crippen LogP contribution is -2.21. The van der Waals surface area contributed by atoms with E-state index in [0.29, 0.717) is 6.04 Å². The fraction of sp³-hybridized carbons (Fsp3) is 0.500. The fourth-order valence-corrected chi connectivity index (χ4v) is 1.04. The summed E-state index contributed by atoms with van der Waals surface area (Å²) in [5.74, 6) is 0. The Balaban J connectivity index is 2.28. The molecular formula is C8H13N. The molecule has 0 amide bonds. The Hall–Kier alpha value is -0.560. The van der Waals surface area contributed by atoms with Crippen LogP contribution in [-0.2, 0) is 0 Å². The lowest BCUT2D eigenvalue weighted by Gasteiger charge is -2.06. The van der Waals surface area contributed by atoms with Crippen molar-refractivity contribution < 1.29 is 0 Å². The molecule has 0 saturated heterocycles. The van der Waals surface area contributed by atoms with Crippen molar-refractivity contribution in [1.29, 1.82) is 0 Å². The zero-order valence-corrected chi connectivity index (χ0v) is 5.85. The van der Waals surface area contributed by atoms with Crippen LogP contribution in [0.15, 0.2) is 24.3 Å². The van der Waals surface area contributed by atoms with E-state index >= 15 is 0 Å². The van der Waals surface area contributed by atoms with Gasteiger partial charge in [0.15, 0.2) is 0 Å². The normalized spacial score (nSPS) is 24.8. The van der Waals surface area contributed by atoms with E-state index in [9.17, 15) is 0 Å². The van der Waals surface area contributed by atoms with E-state index in [1.54, 1.807) is 0 Å². The third kappa shape index (κ3) is 2.02. The minimum atomic E-state index is 0.558. The second-order valence-corrected chi connectivity index (χ2v) is 2.60. The Morgan fingerprint density at radius 1 is 1.89 bits per heavy atom. The fourth-order valence-electron chi connectivity index (χ4n) is 1.04. The van der Waals surface area contributed by atoms with Crippen molar-refractivity contribution in [1.82, 2.24) is 5.32 Å². The Morgan fingerprint density at radius 3 is 3.11 bits per heavy atom. The highest BCUT2D eigenvalue weighted by Gasteiger charge is 2.06. The van der Waals surface area contributed by atoms with Crippen LogP contribution in [0.3, 0.4) is 0 Å². The zero-order chi connectivity index (χ0) is 6.69. The number of nitrogens with one attached hydrogen (secondary N) is 1. The van der Waals surface area contributed by atoms with Gasteiger partial charge in [0.2, 0.25) is 0 Å². The summed E-state index contributed by atoms with van der Waals surface area (Å²) in [6.45, 7) is 6.93. The van der Waals surface area contributed by atoms with Crippen molar-refractivity contribution in [2.24, 2.45) is 0 Å². The average Bonchev–Trinajstić information content (AvgIpc) is 2.15. The lowest BCUT2D eigenvalue weighted by atomic mass is 10.1. The van der Waals surface area contributed by atoms with E-state index in [0.717, 1.165) is 13.0 Å². The molecule has 1 aliphatic heterocycles. The first kappa shape index (κ1) is 6.56. The molecule has 50 valence electrons. The Bertz CT molecular complexity index is 136. The van der Waals surface area contributed by atoms with Gasteiger partial charge in [-0.3, -0.25) is 0 Å². The number of rotatable bonds is 2. The summed E-state index contributed by atoms with van der Waals surface area (Å²) >= 11 is 0. The van der Waals surface area contributed by atoms with Crippen molar-refractivity contribution in [2.45, 2.75) is 19.4 Å². The molecule has 0 fully saturated rings. The highest BCUT2D eigenvalue weighted by Crippen LogP contribution is 2.05. The second-order valence-electron chi connectivity index (χ2n) is 2.60. The van der Waals surface area contributed by atoms with Crippen LogP contribution >= 0.6 is 0 Å². The first-order valence-electron chi connectivity index (χ1n) is 3.33. The molecule has 1 aliphatic rings. The van der Waals surface area contributed by atoms with E-state index in [-0.39, 0.29) is 0 Å². The molecule has 1 heterocycles. The van der Waals surface area contributed by atoms with E-state index in [1.165, 1.54) is 5.57 Å². The van der Waals surface area contributed by atoms with Crippen molar-refractivity contribution in [3.63, 3.8) is 0 Å². The van der Waals surface area contributed by atoms with Gasteiger partial charge in [0.05, 0.1) is 0 Å². The van der Waals surface area contributed by atoms with Crippen LogP contribution < -0.4 is 5.32 Å². The summed E-state index contributed by atoms with van der Waals surface area (Å²) in [6, 6.07) is 0.558. The van der Waals surface area contributed by atoms with Crippen molar-refractivity contribution >= 4 is 0 Å². The molecule has 1 unspecified atom stereocenters. The second kappa shape index (κ2) is 2.83. The SMILES string of the molecule is C=C(C)CC1C=CCN1. The Morgan fingerprint density at radius 2 is 2.67 bits per heavy atom. The van der Waals surface area contributed by atoms with Gasteiger partial charge in [-0.25, -0.2) is 0 Å². The van der Waals surface area contributed by atoms with Crippen LogP contribution in [0.4, 0.5) is 0 Å². The minimum Gasteiger partial charge on any atom is -0.307 e. The van der Waals surface area contributed by atoms with Gasteiger partial charge in [0.1, 0.15) is 0 Å². The maximum Gasteiger partial charge on any atom is 0.0290 e. The van der Waals surface area contributed by atoms with Crippen molar-refractivity contribution in [3.05, 3.63) is 24.3 Å². The summed E-state index contributed by atoms with van der Waals surface area (Å²) in [5, 5.41) is 3.32. The Labute approximate surface area is 56.5 Å². The Kier molecular flexibility index (Phi) is 2.06. The molecule has 1 N–H and O–H groups in total. The van der Waals surface area contributed by atoms with E-state index < -0.39 is 0 Å². The molecule has 0 bridgehead atoms. The van der Waals surface area contributed by atoms with Crippen LogP contribution in [0, 0.1) is 0 Å². The van der Waals surface area contributed by atoms with Crippen LogP contribution in [0.1, 0.15) is 13.3 Å². The molecule has 1 rings (SSSR count). The predicted molar refractivity (Wildman–Crippen MR) is 40.4 cm³/mol. The highest BCUT2D eigenvalue weighted by atomic mass is 14.9. The van der Waals surface area contributed by atoms with Gasteiger partial charge in [-0.1, -0.05) is 17.7 Å². The first-order chi connectivity index (χ1) is 4.29. The molecule has 9 heavy (non-hydrogen) atoms. The first-order valence-corrected chi connectivity index (χ1v) is 3.33. The van der Waals surface area contributed by atoms with Gasteiger partial charge in [-0.05, 0) is 13.3 Å². The van der Waals surface area contributed by atoms with Gasteiger partial charge in [-0.2, -0.15) is 0 Å². The molecule has 1 atom stereocenters. The minimum absolute atomic E-state index is 0.558. The molecule has 0 aromatic carbocycles. The molecule has 1 nitrogen and oxygen atoms in total. The maximum absolute atomic E-state index is 3.84. The highest BCUT2D eigenvalue weighted by molar-refractivity contribution is 5.07. The maximum atomic E-state index is 3.84. The molecule has 0 spiro atoms. The third-order valence-corrected chi connectivity index (χ3v) is 1.43. The summed E-state index contributed by atoms with van der Waals surface area (Å²) in [7, 11) is 0. The van der Waals surface area contributed by atoms with E-state index in [1.807, 2.05) is 0 Å². The van der Waals surface area contributed by atoms with Crippen LogP contribution in [0.5, 0.6) is 0 Å². The van der Waals surface area contributed by atoms with Gasteiger partial charge in [-0.15, -0.1) is 6.58 Å². The van der Waals surface area contributed by atoms with Gasteiger partial charge in [0, 0.05) is 12.6 Å². The van der Waals surface area contributed by atoms with Gasteiger partial charge in [0.25, 0.3) is 0 Å². The van der Waals surface area contributed by atoms with Crippen LogP contribution in [0.25, 0.3) is 0 Å². The lowest BCUT2D eigenvalue weighted by molar-refractivity contribution is 0.662. The van der Waals surface area contributed by atoms with E-state index in [4.69, 9.17) is 0 Å². The molecule has 0 aromatic rings. The monoisotopic (exact) mass is 123 g/mol.